The monoisotopic (exact) mass is 386 g/mol. The van der Waals surface area contributed by atoms with E-state index in [4.69, 9.17) is 10.5 Å². The number of ketones is 1. The Morgan fingerprint density at radius 2 is 1.68 bits per heavy atom. The molecule has 0 unspecified atom stereocenters. The van der Waals surface area contributed by atoms with E-state index in [1.807, 2.05) is 20.8 Å². The Morgan fingerprint density at radius 1 is 1.11 bits per heavy atom. The SMILES string of the molecule is CC(C)(C)OC(=O)N1CC2(CCC(CC(=O)c3ccccc3C(N)=O)CC2)C1. The predicted octanol–water partition coefficient (Wildman–Crippen LogP) is 3.79. The first kappa shape index (κ1) is 20.4. The minimum atomic E-state index is -0.566. The zero-order chi connectivity index (χ0) is 20.5. The van der Waals surface area contributed by atoms with Crippen LogP contribution in [0.5, 0.6) is 0 Å². The van der Waals surface area contributed by atoms with Crippen molar-refractivity contribution in [1.29, 1.82) is 0 Å². The first-order valence-corrected chi connectivity index (χ1v) is 9.99. The number of likely N-dealkylation sites (tertiary alicyclic amines) is 1. The maximum absolute atomic E-state index is 12.7. The second kappa shape index (κ2) is 7.57. The number of hydrogen-bond donors (Lipinski definition) is 1. The molecule has 0 bridgehead atoms. The first-order chi connectivity index (χ1) is 13.1. The highest BCUT2D eigenvalue weighted by molar-refractivity contribution is 6.07. The van der Waals surface area contributed by atoms with Crippen LogP contribution >= 0.6 is 0 Å². The molecule has 2 aliphatic rings. The Kier molecular flexibility index (Phi) is 5.50. The van der Waals surface area contributed by atoms with Gasteiger partial charge in [-0.05, 0) is 58.4 Å². The number of carbonyl (C=O) groups excluding carboxylic acids is 3. The summed E-state index contributed by atoms with van der Waals surface area (Å²) < 4.78 is 5.43. The van der Waals surface area contributed by atoms with Crippen LogP contribution in [-0.2, 0) is 4.74 Å². The number of carbonyl (C=O) groups is 3. The van der Waals surface area contributed by atoms with Crippen LogP contribution in [0.4, 0.5) is 4.79 Å². The summed E-state index contributed by atoms with van der Waals surface area (Å²) in [6.45, 7) is 7.11. The highest BCUT2D eigenvalue weighted by Crippen LogP contribution is 2.46. The standard InChI is InChI=1S/C22H30N2O4/c1-21(2,3)28-20(27)24-13-22(14-24)10-8-15(9-11-22)12-18(25)16-6-4-5-7-17(16)19(23)26/h4-7,15H,8-14H2,1-3H3,(H2,23,26). The topological polar surface area (TPSA) is 89.7 Å². The van der Waals surface area contributed by atoms with Gasteiger partial charge in [-0.1, -0.05) is 18.2 Å². The Balaban J connectivity index is 1.50. The minimum Gasteiger partial charge on any atom is -0.444 e. The summed E-state index contributed by atoms with van der Waals surface area (Å²) in [5.41, 5.74) is 5.82. The number of nitrogens with zero attached hydrogens (tertiary/aromatic N) is 1. The van der Waals surface area contributed by atoms with E-state index in [2.05, 4.69) is 0 Å². The molecular formula is C22H30N2O4. The molecule has 2 amide bonds. The smallest absolute Gasteiger partial charge is 0.410 e. The van der Waals surface area contributed by atoms with Gasteiger partial charge in [-0.3, -0.25) is 9.59 Å². The number of Topliss-reactive ketones (excluding diaryl/α,β-unsaturated/α-hetero) is 1. The van der Waals surface area contributed by atoms with Gasteiger partial charge in [-0.15, -0.1) is 0 Å². The quantitative estimate of drug-likeness (QED) is 0.797. The van der Waals surface area contributed by atoms with E-state index < -0.39 is 11.5 Å². The summed E-state index contributed by atoms with van der Waals surface area (Å²) in [7, 11) is 0. The van der Waals surface area contributed by atoms with E-state index in [0.29, 0.717) is 23.5 Å². The molecule has 6 nitrogen and oxygen atoms in total. The third-order valence-corrected chi connectivity index (χ3v) is 5.84. The van der Waals surface area contributed by atoms with Crippen molar-refractivity contribution in [1.82, 2.24) is 4.90 Å². The minimum absolute atomic E-state index is 0.0145. The number of hydrogen-bond acceptors (Lipinski definition) is 4. The molecule has 1 heterocycles. The molecule has 0 atom stereocenters. The average molecular weight is 386 g/mol. The number of nitrogens with two attached hydrogens (primary N) is 1. The van der Waals surface area contributed by atoms with E-state index in [1.165, 1.54) is 0 Å². The summed E-state index contributed by atoms with van der Waals surface area (Å²) in [4.78, 5) is 38.1. The number of ether oxygens (including phenoxy) is 1. The molecule has 1 aromatic carbocycles. The molecule has 28 heavy (non-hydrogen) atoms. The zero-order valence-corrected chi connectivity index (χ0v) is 17.0. The lowest BCUT2D eigenvalue weighted by molar-refractivity contribution is -0.0542. The van der Waals surface area contributed by atoms with E-state index in [0.717, 1.165) is 38.8 Å². The van der Waals surface area contributed by atoms with Gasteiger partial charge >= 0.3 is 6.09 Å². The molecule has 1 aliphatic carbocycles. The highest BCUT2D eigenvalue weighted by Gasteiger charge is 2.48. The number of primary amides is 1. The molecule has 3 rings (SSSR count). The van der Waals surface area contributed by atoms with Crippen LogP contribution in [0, 0.1) is 11.3 Å². The normalized spacial score (nSPS) is 19.2. The molecule has 2 fully saturated rings. The Bertz CT molecular complexity index is 765. The number of benzene rings is 1. The number of amides is 2. The van der Waals surface area contributed by atoms with Gasteiger partial charge in [0.05, 0.1) is 0 Å². The molecule has 1 spiro atoms. The van der Waals surface area contributed by atoms with Gasteiger partial charge in [0.15, 0.2) is 5.78 Å². The summed E-state index contributed by atoms with van der Waals surface area (Å²) in [5, 5.41) is 0. The summed E-state index contributed by atoms with van der Waals surface area (Å²) in [6.07, 6.45) is 4.16. The van der Waals surface area contributed by atoms with Gasteiger partial charge in [0.25, 0.3) is 0 Å². The lowest BCUT2D eigenvalue weighted by Crippen LogP contribution is -2.60. The third kappa shape index (κ3) is 4.54. The van der Waals surface area contributed by atoms with Crippen molar-refractivity contribution < 1.29 is 19.1 Å². The Labute approximate surface area is 166 Å². The van der Waals surface area contributed by atoms with Crippen LogP contribution < -0.4 is 5.73 Å². The van der Waals surface area contributed by atoms with E-state index in [-0.39, 0.29) is 17.3 Å². The van der Waals surface area contributed by atoms with Gasteiger partial charge in [0, 0.05) is 36.1 Å². The lowest BCUT2D eigenvalue weighted by atomic mass is 9.65. The van der Waals surface area contributed by atoms with Crippen molar-refractivity contribution >= 4 is 17.8 Å². The largest absolute Gasteiger partial charge is 0.444 e. The van der Waals surface area contributed by atoms with Gasteiger partial charge < -0.3 is 15.4 Å². The second-order valence-electron chi connectivity index (χ2n) is 9.32. The van der Waals surface area contributed by atoms with Gasteiger partial charge in [-0.25, -0.2) is 4.79 Å². The molecule has 1 aliphatic heterocycles. The fourth-order valence-electron chi connectivity index (χ4n) is 4.34. The molecule has 0 radical (unpaired) electrons. The molecule has 1 saturated carbocycles. The second-order valence-corrected chi connectivity index (χ2v) is 9.32. The number of rotatable bonds is 4. The summed E-state index contributed by atoms with van der Waals surface area (Å²) in [5.74, 6) is -0.266. The Hall–Kier alpha value is -2.37. The highest BCUT2D eigenvalue weighted by atomic mass is 16.6. The van der Waals surface area contributed by atoms with Crippen LogP contribution in [0.15, 0.2) is 24.3 Å². The molecule has 1 saturated heterocycles. The summed E-state index contributed by atoms with van der Waals surface area (Å²) in [6, 6.07) is 6.76. The van der Waals surface area contributed by atoms with Crippen molar-refractivity contribution in [3.05, 3.63) is 35.4 Å². The van der Waals surface area contributed by atoms with Gasteiger partial charge in [-0.2, -0.15) is 0 Å². The third-order valence-electron chi connectivity index (χ3n) is 5.84. The van der Waals surface area contributed by atoms with Crippen molar-refractivity contribution in [3.8, 4) is 0 Å². The molecular weight excluding hydrogens is 356 g/mol. The zero-order valence-electron chi connectivity index (χ0n) is 17.0. The molecule has 152 valence electrons. The maximum Gasteiger partial charge on any atom is 0.410 e. The molecule has 6 heteroatoms. The van der Waals surface area contributed by atoms with Crippen LogP contribution in [0.3, 0.4) is 0 Å². The van der Waals surface area contributed by atoms with Crippen molar-refractivity contribution in [3.63, 3.8) is 0 Å². The molecule has 2 N–H and O–H groups in total. The van der Waals surface area contributed by atoms with Gasteiger partial charge in [0.1, 0.15) is 5.60 Å². The maximum atomic E-state index is 12.7. The van der Waals surface area contributed by atoms with Crippen molar-refractivity contribution in [2.75, 3.05) is 13.1 Å². The average Bonchev–Trinajstić information content (AvgIpc) is 2.59. The predicted molar refractivity (Wildman–Crippen MR) is 106 cm³/mol. The van der Waals surface area contributed by atoms with E-state index >= 15 is 0 Å². The van der Waals surface area contributed by atoms with E-state index in [1.54, 1.807) is 29.2 Å². The van der Waals surface area contributed by atoms with Crippen molar-refractivity contribution in [2.45, 2.75) is 58.5 Å². The molecule has 0 aromatic heterocycles. The van der Waals surface area contributed by atoms with Crippen molar-refractivity contribution in [2.24, 2.45) is 17.1 Å². The summed E-state index contributed by atoms with van der Waals surface area (Å²) >= 11 is 0. The lowest BCUT2D eigenvalue weighted by Gasteiger charge is -2.53. The van der Waals surface area contributed by atoms with Crippen LogP contribution in [0.25, 0.3) is 0 Å². The van der Waals surface area contributed by atoms with Crippen LogP contribution in [0.1, 0.15) is 73.6 Å². The van der Waals surface area contributed by atoms with Crippen LogP contribution in [0.2, 0.25) is 0 Å². The van der Waals surface area contributed by atoms with E-state index in [9.17, 15) is 14.4 Å². The van der Waals surface area contributed by atoms with Crippen LogP contribution in [-0.4, -0.2) is 41.4 Å². The Morgan fingerprint density at radius 3 is 2.21 bits per heavy atom. The van der Waals surface area contributed by atoms with Gasteiger partial charge in [0.2, 0.25) is 5.91 Å². The molecule has 1 aromatic rings. The first-order valence-electron chi connectivity index (χ1n) is 9.99. The fourth-order valence-corrected chi connectivity index (χ4v) is 4.34. The fraction of sp³-hybridized carbons (Fsp3) is 0.591.